The fourth-order valence-electron chi connectivity index (χ4n) is 0.852. The maximum Gasteiger partial charge on any atom is 0.573 e. The van der Waals surface area contributed by atoms with Crippen molar-refractivity contribution in [2.75, 3.05) is 0 Å². The molecular formula is C8H5ClF3NO2. The van der Waals surface area contributed by atoms with Crippen molar-refractivity contribution in [3.8, 4) is 5.75 Å². The third-order valence-corrected chi connectivity index (χ3v) is 1.71. The molecule has 0 saturated carbocycles. The van der Waals surface area contributed by atoms with Gasteiger partial charge in [-0.3, -0.25) is 0 Å². The summed E-state index contributed by atoms with van der Waals surface area (Å²) in [6.07, 6.45) is -4.73. The Hall–Kier alpha value is -1.43. The predicted molar refractivity (Wildman–Crippen MR) is 47.3 cm³/mol. The third-order valence-electron chi connectivity index (χ3n) is 1.41. The molecule has 15 heavy (non-hydrogen) atoms. The summed E-state index contributed by atoms with van der Waals surface area (Å²) in [5, 5.41) is 10.8. The molecule has 1 rings (SSSR count). The number of rotatable bonds is 2. The molecule has 0 aromatic heterocycles. The molecule has 82 valence electrons. The average Bonchev–Trinajstić information content (AvgIpc) is 2.15. The second-order valence-corrected chi connectivity index (χ2v) is 2.82. The van der Waals surface area contributed by atoms with Crippen LogP contribution in [0.2, 0.25) is 0 Å². The van der Waals surface area contributed by atoms with Crippen molar-refractivity contribution >= 4 is 16.8 Å². The van der Waals surface area contributed by atoms with Crippen LogP contribution in [-0.2, 0) is 0 Å². The largest absolute Gasteiger partial charge is 0.573 e. The topological polar surface area (TPSA) is 41.8 Å². The van der Waals surface area contributed by atoms with E-state index >= 15 is 0 Å². The summed E-state index contributed by atoms with van der Waals surface area (Å²) in [5.74, 6) is -0.367. The molecule has 3 nitrogen and oxygen atoms in total. The standard InChI is InChI=1S/C8H5ClF3NO2/c9-7(13-14)5-1-3-6(4-2-5)15-8(10,11)12/h1-4,14H/b13-7+. The van der Waals surface area contributed by atoms with Crippen LogP contribution in [0.4, 0.5) is 13.2 Å². The van der Waals surface area contributed by atoms with E-state index in [1.54, 1.807) is 0 Å². The maximum absolute atomic E-state index is 11.8. The van der Waals surface area contributed by atoms with Crippen molar-refractivity contribution in [3.63, 3.8) is 0 Å². The van der Waals surface area contributed by atoms with E-state index in [9.17, 15) is 13.2 Å². The van der Waals surface area contributed by atoms with E-state index in [1.807, 2.05) is 0 Å². The van der Waals surface area contributed by atoms with Gasteiger partial charge in [-0.2, -0.15) is 0 Å². The molecule has 0 bridgehead atoms. The highest BCUT2D eigenvalue weighted by Crippen LogP contribution is 2.23. The van der Waals surface area contributed by atoms with Gasteiger partial charge < -0.3 is 9.94 Å². The van der Waals surface area contributed by atoms with Crippen molar-refractivity contribution < 1.29 is 23.1 Å². The van der Waals surface area contributed by atoms with E-state index in [4.69, 9.17) is 16.8 Å². The minimum atomic E-state index is -4.73. The number of hydrogen-bond acceptors (Lipinski definition) is 3. The summed E-state index contributed by atoms with van der Waals surface area (Å²) in [6.45, 7) is 0. The number of benzene rings is 1. The lowest BCUT2D eigenvalue weighted by Crippen LogP contribution is -2.17. The van der Waals surface area contributed by atoms with Gasteiger partial charge in [0.1, 0.15) is 5.75 Å². The number of oxime groups is 1. The van der Waals surface area contributed by atoms with Gasteiger partial charge >= 0.3 is 6.36 Å². The van der Waals surface area contributed by atoms with E-state index in [0.29, 0.717) is 0 Å². The zero-order valence-electron chi connectivity index (χ0n) is 7.12. The quantitative estimate of drug-likeness (QED) is 0.490. The van der Waals surface area contributed by atoms with Gasteiger partial charge in [0.15, 0.2) is 5.17 Å². The molecule has 0 fully saturated rings. The SMILES string of the molecule is O/N=C(/Cl)c1ccc(OC(F)(F)F)cc1. The number of hydrogen-bond donors (Lipinski definition) is 1. The fraction of sp³-hybridized carbons (Fsp3) is 0.125. The first kappa shape index (κ1) is 11.6. The van der Waals surface area contributed by atoms with Crippen LogP contribution in [-0.4, -0.2) is 16.7 Å². The van der Waals surface area contributed by atoms with Gasteiger partial charge in [-0.15, -0.1) is 13.2 Å². The normalized spacial score (nSPS) is 12.7. The van der Waals surface area contributed by atoms with Crippen molar-refractivity contribution in [3.05, 3.63) is 29.8 Å². The van der Waals surface area contributed by atoms with E-state index in [0.717, 1.165) is 12.1 Å². The molecule has 0 spiro atoms. The molecule has 0 amide bonds. The molecule has 1 aromatic carbocycles. The molecule has 0 unspecified atom stereocenters. The number of nitrogens with zero attached hydrogens (tertiary/aromatic N) is 1. The van der Waals surface area contributed by atoms with Crippen molar-refractivity contribution in [2.45, 2.75) is 6.36 Å². The van der Waals surface area contributed by atoms with E-state index in [1.165, 1.54) is 12.1 Å². The Morgan fingerprint density at radius 3 is 2.20 bits per heavy atom. The molecule has 0 radical (unpaired) electrons. The van der Waals surface area contributed by atoms with Gasteiger partial charge in [0.25, 0.3) is 0 Å². The smallest absolute Gasteiger partial charge is 0.410 e. The molecule has 1 N–H and O–H groups in total. The second-order valence-electron chi connectivity index (χ2n) is 2.46. The zero-order chi connectivity index (χ0) is 11.5. The lowest BCUT2D eigenvalue weighted by Gasteiger charge is -2.08. The van der Waals surface area contributed by atoms with Gasteiger partial charge in [-0.05, 0) is 24.3 Å². The first-order valence-corrected chi connectivity index (χ1v) is 4.04. The van der Waals surface area contributed by atoms with Crippen LogP contribution in [0.25, 0.3) is 0 Å². The average molecular weight is 240 g/mol. The third kappa shape index (κ3) is 3.67. The molecule has 7 heteroatoms. The van der Waals surface area contributed by atoms with Crippen molar-refractivity contribution in [2.24, 2.45) is 5.16 Å². The van der Waals surface area contributed by atoms with E-state index in [-0.39, 0.29) is 16.5 Å². The maximum atomic E-state index is 11.8. The lowest BCUT2D eigenvalue weighted by atomic mass is 10.2. The van der Waals surface area contributed by atoms with Gasteiger partial charge in [0.05, 0.1) is 0 Å². The summed E-state index contributed by atoms with van der Waals surface area (Å²) >= 11 is 5.41. The summed E-state index contributed by atoms with van der Waals surface area (Å²) in [4.78, 5) is 0. The molecule has 0 saturated heterocycles. The molecule has 0 atom stereocenters. The minimum absolute atomic E-state index is 0.214. The van der Waals surface area contributed by atoms with Crippen LogP contribution >= 0.6 is 11.6 Å². The van der Waals surface area contributed by atoms with E-state index < -0.39 is 6.36 Å². The fourth-order valence-corrected chi connectivity index (χ4v) is 0.978. The van der Waals surface area contributed by atoms with Crippen LogP contribution in [0, 0.1) is 0 Å². The molecule has 0 heterocycles. The molecular weight excluding hydrogens is 235 g/mol. The van der Waals surface area contributed by atoms with Gasteiger partial charge in [-0.25, -0.2) is 0 Å². The Labute approximate surface area is 87.7 Å². The minimum Gasteiger partial charge on any atom is -0.410 e. The Kier molecular flexibility index (Phi) is 3.41. The highest BCUT2D eigenvalue weighted by Gasteiger charge is 2.30. The van der Waals surface area contributed by atoms with Gasteiger partial charge in [0, 0.05) is 5.56 Å². The van der Waals surface area contributed by atoms with Crippen LogP contribution < -0.4 is 4.74 Å². The Bertz CT molecular complexity index is 361. The zero-order valence-corrected chi connectivity index (χ0v) is 7.88. The Balaban J connectivity index is 2.82. The molecule has 0 aliphatic heterocycles. The van der Waals surface area contributed by atoms with Crippen LogP contribution in [0.3, 0.4) is 0 Å². The monoisotopic (exact) mass is 239 g/mol. The van der Waals surface area contributed by atoms with Crippen molar-refractivity contribution in [1.82, 2.24) is 0 Å². The van der Waals surface area contributed by atoms with Crippen LogP contribution in [0.1, 0.15) is 5.56 Å². The summed E-state index contributed by atoms with van der Waals surface area (Å²) < 4.78 is 38.9. The second kappa shape index (κ2) is 4.39. The number of ether oxygens (including phenoxy) is 1. The number of halogens is 4. The predicted octanol–water partition coefficient (Wildman–Crippen LogP) is 2.96. The van der Waals surface area contributed by atoms with E-state index in [2.05, 4.69) is 9.89 Å². The summed E-state index contributed by atoms with van der Waals surface area (Å²) in [5.41, 5.74) is 0.286. The Morgan fingerprint density at radius 2 is 1.80 bits per heavy atom. The lowest BCUT2D eigenvalue weighted by molar-refractivity contribution is -0.274. The highest BCUT2D eigenvalue weighted by atomic mass is 35.5. The molecule has 0 aliphatic carbocycles. The van der Waals surface area contributed by atoms with Gasteiger partial charge in [-0.1, -0.05) is 16.8 Å². The highest BCUT2D eigenvalue weighted by molar-refractivity contribution is 6.69. The number of alkyl halides is 3. The van der Waals surface area contributed by atoms with Gasteiger partial charge in [0.2, 0.25) is 0 Å². The summed E-state index contributed by atoms with van der Waals surface area (Å²) in [6, 6.07) is 4.61. The van der Waals surface area contributed by atoms with Crippen LogP contribution in [0.5, 0.6) is 5.75 Å². The molecule has 0 aliphatic rings. The Morgan fingerprint density at radius 1 is 1.27 bits per heavy atom. The summed E-state index contributed by atoms with van der Waals surface area (Å²) in [7, 11) is 0. The first-order chi connectivity index (χ1) is 6.92. The van der Waals surface area contributed by atoms with Crippen molar-refractivity contribution in [1.29, 1.82) is 0 Å². The first-order valence-electron chi connectivity index (χ1n) is 3.66. The molecule has 1 aromatic rings. The van der Waals surface area contributed by atoms with Crippen LogP contribution in [0.15, 0.2) is 29.4 Å².